The Labute approximate surface area is 248 Å². The Morgan fingerprint density at radius 3 is 2.44 bits per heavy atom. The number of aliphatic carboxylic acids is 1. The van der Waals surface area contributed by atoms with E-state index in [-0.39, 0.29) is 5.92 Å². The smallest absolute Gasteiger partial charge is 0.306 e. The Morgan fingerprint density at radius 1 is 1.02 bits per heavy atom. The summed E-state index contributed by atoms with van der Waals surface area (Å²) in [5.74, 6) is -0.106. The number of aromatic nitrogens is 1. The van der Waals surface area contributed by atoms with Crippen LogP contribution in [0.15, 0.2) is 41.8 Å². The number of hydrogen-bond donors (Lipinski definition) is 1. The molecular formula is C32H43N5O3S. The van der Waals surface area contributed by atoms with E-state index >= 15 is 0 Å². The van der Waals surface area contributed by atoms with E-state index in [2.05, 4.69) is 83.3 Å². The van der Waals surface area contributed by atoms with E-state index in [0.717, 1.165) is 80.2 Å². The third-order valence-corrected chi connectivity index (χ3v) is 9.06. The molecule has 0 amide bonds. The van der Waals surface area contributed by atoms with Crippen molar-refractivity contribution in [3.63, 3.8) is 0 Å². The van der Waals surface area contributed by atoms with Crippen LogP contribution in [-0.2, 0) is 17.9 Å². The Hall–Kier alpha value is -2.98. The summed E-state index contributed by atoms with van der Waals surface area (Å²) < 4.78 is 6.41. The van der Waals surface area contributed by atoms with Crippen molar-refractivity contribution in [1.29, 1.82) is 0 Å². The van der Waals surface area contributed by atoms with Gasteiger partial charge in [-0.3, -0.25) is 19.5 Å². The van der Waals surface area contributed by atoms with Gasteiger partial charge in [-0.05, 0) is 69.6 Å². The molecule has 0 spiro atoms. The number of piperidine rings is 1. The van der Waals surface area contributed by atoms with Gasteiger partial charge in [0.2, 0.25) is 0 Å². The number of anilines is 1. The second kappa shape index (κ2) is 13.3. The quantitative estimate of drug-likeness (QED) is 0.363. The summed E-state index contributed by atoms with van der Waals surface area (Å²) >= 11 is 1.61. The normalized spacial score (nSPS) is 17.3. The monoisotopic (exact) mass is 577 g/mol. The molecule has 9 heteroatoms. The van der Waals surface area contributed by atoms with Crippen LogP contribution in [0, 0.1) is 19.8 Å². The zero-order chi connectivity index (χ0) is 28.9. The van der Waals surface area contributed by atoms with Gasteiger partial charge in [0.05, 0.1) is 18.3 Å². The molecule has 1 aromatic heterocycles. The highest BCUT2D eigenvalue weighted by Crippen LogP contribution is 2.36. The average Bonchev–Trinajstić information content (AvgIpc) is 3.44. The lowest BCUT2D eigenvalue weighted by molar-refractivity contribution is -0.142. The Kier molecular flexibility index (Phi) is 9.60. The van der Waals surface area contributed by atoms with E-state index < -0.39 is 5.97 Å². The number of nitrogens with zero attached hydrogens (tertiary/aromatic N) is 5. The molecule has 2 aromatic carbocycles. The van der Waals surface area contributed by atoms with E-state index in [0.29, 0.717) is 19.4 Å². The molecule has 3 aromatic rings. The van der Waals surface area contributed by atoms with Gasteiger partial charge in [-0.15, -0.1) is 11.3 Å². The molecule has 8 nitrogen and oxygen atoms in total. The number of carbonyl (C=O) groups is 1. The first-order valence-electron chi connectivity index (χ1n) is 14.6. The Balaban J connectivity index is 1.20. The van der Waals surface area contributed by atoms with E-state index in [1.165, 1.54) is 16.7 Å². The molecule has 220 valence electrons. The van der Waals surface area contributed by atoms with Crippen LogP contribution in [0.1, 0.15) is 35.1 Å². The summed E-state index contributed by atoms with van der Waals surface area (Å²) in [6, 6.07) is 13.0. The number of aryl methyl sites for hydroxylation is 2. The van der Waals surface area contributed by atoms with Gasteiger partial charge in [0.25, 0.3) is 0 Å². The lowest BCUT2D eigenvalue weighted by atomic mass is 9.97. The van der Waals surface area contributed by atoms with E-state index in [1.54, 1.807) is 11.3 Å². The van der Waals surface area contributed by atoms with Gasteiger partial charge in [-0.25, -0.2) is 4.98 Å². The summed E-state index contributed by atoms with van der Waals surface area (Å²) in [6.07, 6.45) is 1.32. The average molecular weight is 578 g/mol. The number of piperazine rings is 1. The van der Waals surface area contributed by atoms with Gasteiger partial charge in [0.1, 0.15) is 12.4 Å². The topological polar surface area (TPSA) is 72.4 Å². The molecule has 0 atom stereocenters. The van der Waals surface area contributed by atoms with Gasteiger partial charge in [-0.2, -0.15) is 0 Å². The van der Waals surface area contributed by atoms with Crippen molar-refractivity contribution >= 4 is 22.4 Å². The lowest BCUT2D eigenvalue weighted by Crippen LogP contribution is -2.48. The van der Waals surface area contributed by atoms with Crippen molar-refractivity contribution < 1.29 is 14.6 Å². The number of carboxylic acids is 1. The fourth-order valence-corrected chi connectivity index (χ4v) is 6.62. The van der Waals surface area contributed by atoms with Crippen molar-refractivity contribution in [1.82, 2.24) is 19.7 Å². The summed E-state index contributed by atoms with van der Waals surface area (Å²) in [4.78, 5) is 25.8. The zero-order valence-corrected chi connectivity index (χ0v) is 25.6. The van der Waals surface area contributed by atoms with E-state index in [9.17, 15) is 9.90 Å². The highest BCUT2D eigenvalue weighted by Gasteiger charge is 2.26. The summed E-state index contributed by atoms with van der Waals surface area (Å²) in [6.45, 7) is 12.7. The van der Waals surface area contributed by atoms with Crippen LogP contribution in [0.3, 0.4) is 0 Å². The molecule has 1 N–H and O–H groups in total. The fourth-order valence-electron chi connectivity index (χ4n) is 5.74. The molecule has 0 bridgehead atoms. The summed E-state index contributed by atoms with van der Waals surface area (Å²) in [7, 11) is 4.26. The SMILES string of the molecule is Cc1ccc(OCc2ccc(CN3CCN(CN(C)C)CC3)cc2C)c(-c2csc(N3CCC(C(=O)O)CC3)n2)c1. The van der Waals surface area contributed by atoms with E-state index in [4.69, 9.17) is 9.72 Å². The molecular weight excluding hydrogens is 534 g/mol. The standard InChI is InChI=1S/C32H43N5O3S/c1-23-5-8-30(28(17-23)29-21-41-32(33-29)37-11-9-26(10-12-37)31(38)39)40-20-27-7-6-25(18-24(27)2)19-35-13-15-36(16-14-35)22-34(3)4/h5-8,17-18,21,26H,9-16,19-20,22H2,1-4H3,(H,38,39). The minimum Gasteiger partial charge on any atom is -0.488 e. The van der Waals surface area contributed by atoms with Crippen molar-refractivity contribution in [2.45, 2.75) is 39.8 Å². The maximum Gasteiger partial charge on any atom is 0.306 e. The third kappa shape index (κ3) is 7.65. The highest BCUT2D eigenvalue weighted by atomic mass is 32.1. The first-order valence-corrected chi connectivity index (χ1v) is 15.5. The lowest BCUT2D eigenvalue weighted by Gasteiger charge is -2.36. The van der Waals surface area contributed by atoms with Crippen LogP contribution < -0.4 is 9.64 Å². The van der Waals surface area contributed by atoms with Crippen LogP contribution in [0.2, 0.25) is 0 Å². The summed E-state index contributed by atoms with van der Waals surface area (Å²) in [5.41, 5.74) is 6.86. The molecule has 0 aliphatic carbocycles. The van der Waals surface area contributed by atoms with Crippen LogP contribution in [0.5, 0.6) is 5.75 Å². The van der Waals surface area contributed by atoms with Crippen molar-refractivity contribution in [3.8, 4) is 17.0 Å². The Bertz CT molecular complexity index is 1330. The molecule has 3 heterocycles. The van der Waals surface area contributed by atoms with Gasteiger partial charge in [-0.1, -0.05) is 29.8 Å². The number of benzene rings is 2. The minimum absolute atomic E-state index is 0.246. The maximum absolute atomic E-state index is 11.3. The molecule has 2 saturated heterocycles. The van der Waals surface area contributed by atoms with Crippen molar-refractivity contribution in [3.05, 3.63) is 64.0 Å². The van der Waals surface area contributed by atoms with Gasteiger partial charge < -0.3 is 14.7 Å². The second-order valence-electron chi connectivity index (χ2n) is 11.8. The number of carboxylic acid groups (broad SMARTS) is 1. The predicted molar refractivity (Wildman–Crippen MR) is 166 cm³/mol. The molecule has 2 fully saturated rings. The Morgan fingerprint density at radius 2 is 1.76 bits per heavy atom. The number of thiazole rings is 1. The minimum atomic E-state index is -0.690. The first-order chi connectivity index (χ1) is 19.7. The molecule has 0 unspecified atom stereocenters. The molecule has 5 rings (SSSR count). The van der Waals surface area contributed by atoms with Crippen LogP contribution >= 0.6 is 11.3 Å². The number of rotatable bonds is 10. The van der Waals surface area contributed by atoms with Crippen LogP contribution in [0.25, 0.3) is 11.3 Å². The van der Waals surface area contributed by atoms with Crippen LogP contribution in [0.4, 0.5) is 5.13 Å². The van der Waals surface area contributed by atoms with Crippen LogP contribution in [-0.4, -0.2) is 90.8 Å². The van der Waals surface area contributed by atoms with Gasteiger partial charge in [0, 0.05) is 56.8 Å². The molecule has 0 radical (unpaired) electrons. The maximum atomic E-state index is 11.3. The molecule has 41 heavy (non-hydrogen) atoms. The first kappa shape index (κ1) is 29.5. The second-order valence-corrected chi connectivity index (χ2v) is 12.6. The summed E-state index contributed by atoms with van der Waals surface area (Å²) in [5, 5.41) is 12.3. The van der Waals surface area contributed by atoms with Crippen molar-refractivity contribution in [2.75, 3.05) is 64.9 Å². The zero-order valence-electron chi connectivity index (χ0n) is 24.8. The van der Waals surface area contributed by atoms with Gasteiger partial charge >= 0.3 is 5.97 Å². The third-order valence-electron chi connectivity index (χ3n) is 8.16. The molecule has 0 saturated carbocycles. The number of hydrogen-bond acceptors (Lipinski definition) is 8. The van der Waals surface area contributed by atoms with E-state index in [1.807, 2.05) is 6.07 Å². The van der Waals surface area contributed by atoms with Gasteiger partial charge in [0.15, 0.2) is 5.13 Å². The highest BCUT2D eigenvalue weighted by molar-refractivity contribution is 7.14. The molecule has 2 aliphatic heterocycles. The molecule has 2 aliphatic rings. The van der Waals surface area contributed by atoms with Crippen molar-refractivity contribution in [2.24, 2.45) is 5.92 Å². The largest absolute Gasteiger partial charge is 0.488 e. The fraction of sp³-hybridized carbons (Fsp3) is 0.500. The number of ether oxygens (including phenoxy) is 1. The predicted octanol–water partition coefficient (Wildman–Crippen LogP) is 4.94.